The SMILES string of the molecule is COc1ncc(CC(=O)OC(C)(C)C)c(OC)n1. The Morgan fingerprint density at radius 2 is 1.94 bits per heavy atom. The number of nitrogens with zero attached hydrogens (tertiary/aromatic N) is 2. The molecule has 1 aromatic heterocycles. The molecule has 0 unspecified atom stereocenters. The number of esters is 1. The van der Waals surface area contributed by atoms with Crippen molar-refractivity contribution in [3.8, 4) is 11.9 Å². The van der Waals surface area contributed by atoms with Crippen molar-refractivity contribution < 1.29 is 19.0 Å². The topological polar surface area (TPSA) is 70.5 Å². The summed E-state index contributed by atoms with van der Waals surface area (Å²) in [6.07, 6.45) is 1.55. The summed E-state index contributed by atoms with van der Waals surface area (Å²) in [5.41, 5.74) is 0.0463. The molecule has 0 aliphatic rings. The van der Waals surface area contributed by atoms with Crippen molar-refractivity contribution in [2.75, 3.05) is 14.2 Å². The van der Waals surface area contributed by atoms with E-state index in [0.717, 1.165) is 0 Å². The van der Waals surface area contributed by atoms with E-state index in [1.165, 1.54) is 20.4 Å². The van der Waals surface area contributed by atoms with E-state index in [-0.39, 0.29) is 18.4 Å². The molecule has 0 saturated carbocycles. The van der Waals surface area contributed by atoms with Crippen molar-refractivity contribution in [1.82, 2.24) is 9.97 Å². The fraction of sp³-hybridized carbons (Fsp3) is 0.583. The van der Waals surface area contributed by atoms with Crippen LogP contribution in [0.3, 0.4) is 0 Å². The Hall–Kier alpha value is -1.85. The highest BCUT2D eigenvalue weighted by Gasteiger charge is 2.19. The Morgan fingerprint density at radius 1 is 1.28 bits per heavy atom. The molecule has 6 heteroatoms. The summed E-state index contributed by atoms with van der Waals surface area (Å²) in [6.45, 7) is 5.44. The molecular weight excluding hydrogens is 236 g/mol. The first-order valence-corrected chi connectivity index (χ1v) is 5.51. The first-order valence-electron chi connectivity index (χ1n) is 5.51. The normalized spacial score (nSPS) is 10.9. The van der Waals surface area contributed by atoms with Gasteiger partial charge in [-0.15, -0.1) is 0 Å². The Morgan fingerprint density at radius 3 is 2.44 bits per heavy atom. The smallest absolute Gasteiger partial charge is 0.319 e. The van der Waals surface area contributed by atoms with E-state index in [2.05, 4.69) is 9.97 Å². The Bertz CT molecular complexity index is 427. The maximum absolute atomic E-state index is 11.7. The molecule has 1 heterocycles. The highest BCUT2D eigenvalue weighted by Crippen LogP contribution is 2.19. The highest BCUT2D eigenvalue weighted by atomic mass is 16.6. The molecule has 18 heavy (non-hydrogen) atoms. The van der Waals surface area contributed by atoms with E-state index in [9.17, 15) is 4.79 Å². The molecule has 1 aromatic rings. The quantitative estimate of drug-likeness (QED) is 0.756. The summed E-state index contributed by atoms with van der Waals surface area (Å²) in [6, 6.07) is 0.194. The van der Waals surface area contributed by atoms with Gasteiger partial charge in [0.1, 0.15) is 5.60 Å². The largest absolute Gasteiger partial charge is 0.481 e. The third-order valence-electron chi connectivity index (χ3n) is 1.93. The molecule has 0 amide bonds. The zero-order valence-electron chi connectivity index (χ0n) is 11.3. The van der Waals surface area contributed by atoms with Gasteiger partial charge < -0.3 is 14.2 Å². The number of rotatable bonds is 4. The minimum atomic E-state index is -0.516. The lowest BCUT2D eigenvalue weighted by molar-refractivity contribution is -0.153. The van der Waals surface area contributed by atoms with Crippen molar-refractivity contribution in [3.05, 3.63) is 11.8 Å². The van der Waals surface area contributed by atoms with Gasteiger partial charge in [0, 0.05) is 11.8 Å². The fourth-order valence-electron chi connectivity index (χ4n) is 1.31. The second-order valence-corrected chi connectivity index (χ2v) is 4.65. The van der Waals surface area contributed by atoms with Gasteiger partial charge in [-0.3, -0.25) is 4.79 Å². The molecule has 0 bridgehead atoms. The van der Waals surface area contributed by atoms with Crippen molar-refractivity contribution in [2.24, 2.45) is 0 Å². The highest BCUT2D eigenvalue weighted by molar-refractivity contribution is 5.73. The third kappa shape index (κ3) is 4.20. The van der Waals surface area contributed by atoms with Crippen LogP contribution in [0.5, 0.6) is 11.9 Å². The van der Waals surface area contributed by atoms with Crippen LogP contribution in [0, 0.1) is 0 Å². The Kier molecular flexibility index (Phi) is 4.47. The summed E-state index contributed by atoms with van der Waals surface area (Å²) in [7, 11) is 2.93. The number of hydrogen-bond donors (Lipinski definition) is 0. The van der Waals surface area contributed by atoms with E-state index in [1.54, 1.807) is 0 Å². The van der Waals surface area contributed by atoms with E-state index in [4.69, 9.17) is 14.2 Å². The van der Waals surface area contributed by atoms with Gasteiger partial charge in [0.25, 0.3) is 0 Å². The summed E-state index contributed by atoms with van der Waals surface area (Å²) in [5.74, 6) is -0.0396. The second kappa shape index (κ2) is 5.66. The van der Waals surface area contributed by atoms with Gasteiger partial charge in [-0.05, 0) is 20.8 Å². The number of carbonyl (C=O) groups excluding carboxylic acids is 1. The zero-order chi connectivity index (χ0) is 13.8. The van der Waals surface area contributed by atoms with Crippen LogP contribution in [-0.2, 0) is 16.0 Å². The molecule has 0 radical (unpaired) electrons. The molecule has 0 spiro atoms. The van der Waals surface area contributed by atoms with Gasteiger partial charge in [-0.1, -0.05) is 0 Å². The summed E-state index contributed by atoms with van der Waals surface area (Å²) >= 11 is 0. The lowest BCUT2D eigenvalue weighted by Gasteiger charge is -2.19. The van der Waals surface area contributed by atoms with E-state index in [1.807, 2.05) is 20.8 Å². The van der Waals surface area contributed by atoms with Crippen LogP contribution in [-0.4, -0.2) is 35.8 Å². The molecule has 6 nitrogen and oxygen atoms in total. The summed E-state index contributed by atoms with van der Waals surface area (Å²) in [4.78, 5) is 19.6. The molecule has 0 aliphatic heterocycles. The molecule has 0 aliphatic carbocycles. The molecule has 0 fully saturated rings. The van der Waals surface area contributed by atoms with Crippen molar-refractivity contribution in [2.45, 2.75) is 32.8 Å². The van der Waals surface area contributed by atoms with Crippen molar-refractivity contribution in [3.63, 3.8) is 0 Å². The maximum atomic E-state index is 11.7. The van der Waals surface area contributed by atoms with Crippen molar-refractivity contribution >= 4 is 5.97 Å². The monoisotopic (exact) mass is 254 g/mol. The molecule has 0 N–H and O–H groups in total. The van der Waals surface area contributed by atoms with Gasteiger partial charge in [-0.2, -0.15) is 4.98 Å². The predicted molar refractivity (Wildman–Crippen MR) is 64.7 cm³/mol. The van der Waals surface area contributed by atoms with Crippen LogP contribution in [0.4, 0.5) is 0 Å². The molecule has 100 valence electrons. The number of aromatic nitrogens is 2. The molecule has 0 atom stereocenters. The van der Waals surface area contributed by atoms with Gasteiger partial charge in [0.15, 0.2) is 0 Å². The standard InChI is InChI=1S/C12H18N2O4/c1-12(2,3)18-9(15)6-8-7-13-11(17-5)14-10(8)16-4/h7H,6H2,1-5H3. The number of ether oxygens (including phenoxy) is 3. The Labute approximate surface area is 106 Å². The summed E-state index contributed by atoms with van der Waals surface area (Å²) in [5, 5.41) is 0. The molecule has 0 aromatic carbocycles. The van der Waals surface area contributed by atoms with Crippen LogP contribution >= 0.6 is 0 Å². The number of methoxy groups -OCH3 is 2. The zero-order valence-corrected chi connectivity index (χ0v) is 11.3. The van der Waals surface area contributed by atoms with Crippen LogP contribution in [0.1, 0.15) is 26.3 Å². The average molecular weight is 254 g/mol. The summed E-state index contributed by atoms with van der Waals surface area (Å²) < 4.78 is 15.2. The van der Waals surface area contributed by atoms with E-state index >= 15 is 0 Å². The fourth-order valence-corrected chi connectivity index (χ4v) is 1.31. The minimum absolute atomic E-state index is 0.0600. The number of carbonyl (C=O) groups is 1. The van der Waals surface area contributed by atoms with Crippen molar-refractivity contribution in [1.29, 1.82) is 0 Å². The average Bonchev–Trinajstić information content (AvgIpc) is 2.27. The van der Waals surface area contributed by atoms with Gasteiger partial charge in [-0.25, -0.2) is 4.98 Å². The molecular formula is C12H18N2O4. The van der Waals surface area contributed by atoms with Crippen LogP contribution in [0.2, 0.25) is 0 Å². The Balaban J connectivity index is 2.81. The van der Waals surface area contributed by atoms with E-state index < -0.39 is 5.60 Å². The van der Waals surface area contributed by atoms with Crippen LogP contribution in [0.25, 0.3) is 0 Å². The number of hydrogen-bond acceptors (Lipinski definition) is 6. The van der Waals surface area contributed by atoms with E-state index in [0.29, 0.717) is 11.4 Å². The van der Waals surface area contributed by atoms with Crippen LogP contribution in [0.15, 0.2) is 6.20 Å². The lowest BCUT2D eigenvalue weighted by Crippen LogP contribution is -2.25. The first-order chi connectivity index (χ1) is 8.35. The van der Waals surface area contributed by atoms with Gasteiger partial charge >= 0.3 is 12.0 Å². The lowest BCUT2D eigenvalue weighted by atomic mass is 10.2. The molecule has 0 saturated heterocycles. The van der Waals surface area contributed by atoms with Gasteiger partial charge in [0.2, 0.25) is 5.88 Å². The maximum Gasteiger partial charge on any atom is 0.319 e. The van der Waals surface area contributed by atoms with Gasteiger partial charge in [0.05, 0.1) is 20.6 Å². The third-order valence-corrected chi connectivity index (χ3v) is 1.93. The predicted octanol–water partition coefficient (Wildman–Crippen LogP) is 1.38. The minimum Gasteiger partial charge on any atom is -0.481 e. The molecule has 1 rings (SSSR count). The van der Waals surface area contributed by atoms with Crippen LogP contribution < -0.4 is 9.47 Å². The second-order valence-electron chi connectivity index (χ2n) is 4.65. The first kappa shape index (κ1) is 14.2.